The quantitative estimate of drug-likeness (QED) is 0.867. The van der Waals surface area contributed by atoms with Gasteiger partial charge in [-0.3, -0.25) is 14.5 Å². The number of likely N-dealkylation sites (tertiary alicyclic amines) is 1. The van der Waals surface area contributed by atoms with E-state index >= 15 is 0 Å². The van der Waals surface area contributed by atoms with Crippen molar-refractivity contribution < 1.29 is 14.7 Å². The van der Waals surface area contributed by atoms with E-state index in [0.717, 1.165) is 24.9 Å². The van der Waals surface area contributed by atoms with E-state index in [1.807, 2.05) is 11.0 Å². The second-order valence-electron chi connectivity index (χ2n) is 5.69. The average molecular weight is 290 g/mol. The minimum Gasteiger partial charge on any atom is -0.480 e. The molecule has 0 aliphatic carbocycles. The van der Waals surface area contributed by atoms with Crippen molar-refractivity contribution in [2.24, 2.45) is 11.7 Å². The van der Waals surface area contributed by atoms with Crippen molar-refractivity contribution in [3.05, 3.63) is 35.4 Å². The van der Waals surface area contributed by atoms with Gasteiger partial charge in [-0.2, -0.15) is 0 Å². The molecule has 1 aliphatic heterocycles. The van der Waals surface area contributed by atoms with Gasteiger partial charge in [-0.1, -0.05) is 25.5 Å². The normalized spacial score (nSPS) is 22.9. The fraction of sp³-hybridized carbons (Fsp3) is 0.500. The molecule has 0 saturated carbocycles. The number of carboxylic acids is 1. The number of hydrogen-bond donors (Lipinski definition) is 2. The van der Waals surface area contributed by atoms with Crippen LogP contribution in [-0.2, 0) is 11.3 Å². The molecule has 2 rings (SSSR count). The Hall–Kier alpha value is -1.88. The summed E-state index contributed by atoms with van der Waals surface area (Å²) in [5.74, 6) is -0.741. The van der Waals surface area contributed by atoms with Gasteiger partial charge in [0.1, 0.15) is 6.04 Å². The van der Waals surface area contributed by atoms with Gasteiger partial charge in [0, 0.05) is 12.1 Å². The molecule has 1 amide bonds. The van der Waals surface area contributed by atoms with Crippen LogP contribution in [0.3, 0.4) is 0 Å². The topological polar surface area (TPSA) is 83.6 Å². The zero-order valence-corrected chi connectivity index (χ0v) is 12.3. The Labute approximate surface area is 124 Å². The van der Waals surface area contributed by atoms with Crippen LogP contribution >= 0.6 is 0 Å². The van der Waals surface area contributed by atoms with E-state index in [9.17, 15) is 14.7 Å². The number of nitrogens with two attached hydrogens (primary N) is 1. The van der Waals surface area contributed by atoms with Crippen LogP contribution in [0.1, 0.15) is 42.1 Å². The van der Waals surface area contributed by atoms with Crippen LogP contribution in [0.25, 0.3) is 0 Å². The molecule has 1 heterocycles. The summed E-state index contributed by atoms with van der Waals surface area (Å²) < 4.78 is 0. The average Bonchev–Trinajstić information content (AvgIpc) is 2.47. The van der Waals surface area contributed by atoms with Gasteiger partial charge in [-0.15, -0.1) is 0 Å². The largest absolute Gasteiger partial charge is 0.480 e. The van der Waals surface area contributed by atoms with Crippen molar-refractivity contribution in [2.45, 2.75) is 38.8 Å². The lowest BCUT2D eigenvalue weighted by Crippen LogP contribution is -2.46. The van der Waals surface area contributed by atoms with Gasteiger partial charge in [-0.25, -0.2) is 0 Å². The van der Waals surface area contributed by atoms with Gasteiger partial charge in [0.15, 0.2) is 0 Å². The summed E-state index contributed by atoms with van der Waals surface area (Å²) in [6.07, 6.45) is 2.74. The van der Waals surface area contributed by atoms with E-state index < -0.39 is 17.9 Å². The van der Waals surface area contributed by atoms with Crippen LogP contribution < -0.4 is 5.73 Å². The molecule has 0 aromatic heterocycles. The molecular weight excluding hydrogens is 268 g/mol. The number of piperidine rings is 1. The van der Waals surface area contributed by atoms with Gasteiger partial charge in [0.05, 0.1) is 0 Å². The molecule has 1 aromatic carbocycles. The lowest BCUT2D eigenvalue weighted by atomic mass is 9.88. The maximum Gasteiger partial charge on any atom is 0.320 e. The van der Waals surface area contributed by atoms with Gasteiger partial charge >= 0.3 is 5.97 Å². The fourth-order valence-corrected chi connectivity index (χ4v) is 2.96. The van der Waals surface area contributed by atoms with Crippen LogP contribution in [0.5, 0.6) is 0 Å². The number of carboxylic acid groups (broad SMARTS) is 1. The van der Waals surface area contributed by atoms with Gasteiger partial charge in [0.2, 0.25) is 5.91 Å². The summed E-state index contributed by atoms with van der Waals surface area (Å²) in [5.41, 5.74) is 6.67. The number of amides is 1. The van der Waals surface area contributed by atoms with Crippen molar-refractivity contribution in [3.63, 3.8) is 0 Å². The number of nitrogens with zero attached hydrogens (tertiary/aromatic N) is 1. The third-order valence-corrected chi connectivity index (χ3v) is 4.28. The number of rotatable bonds is 5. The highest BCUT2D eigenvalue weighted by molar-refractivity contribution is 5.92. The summed E-state index contributed by atoms with van der Waals surface area (Å²) in [5, 5.41) is 9.43. The molecule has 2 atom stereocenters. The van der Waals surface area contributed by atoms with E-state index in [2.05, 4.69) is 6.92 Å². The number of primary amides is 1. The Morgan fingerprint density at radius 1 is 1.43 bits per heavy atom. The molecule has 1 saturated heterocycles. The highest BCUT2D eigenvalue weighted by Crippen LogP contribution is 2.27. The molecule has 5 nitrogen and oxygen atoms in total. The molecule has 3 N–H and O–H groups in total. The van der Waals surface area contributed by atoms with Crippen LogP contribution in [0.2, 0.25) is 0 Å². The first-order valence-electron chi connectivity index (χ1n) is 7.36. The Balaban J connectivity index is 2.12. The Kier molecular flexibility index (Phi) is 4.96. The predicted molar refractivity (Wildman–Crippen MR) is 79.8 cm³/mol. The second kappa shape index (κ2) is 6.72. The van der Waals surface area contributed by atoms with Crippen molar-refractivity contribution in [3.8, 4) is 0 Å². The molecule has 1 aliphatic rings. The van der Waals surface area contributed by atoms with Crippen LogP contribution in [0.4, 0.5) is 0 Å². The van der Waals surface area contributed by atoms with E-state index in [1.165, 1.54) is 0 Å². The number of hydrogen-bond acceptors (Lipinski definition) is 3. The minimum atomic E-state index is -0.765. The van der Waals surface area contributed by atoms with Crippen LogP contribution in [-0.4, -0.2) is 34.5 Å². The molecule has 114 valence electrons. The number of aliphatic carboxylic acids is 1. The van der Waals surface area contributed by atoms with Crippen molar-refractivity contribution in [1.29, 1.82) is 0 Å². The number of carbonyl (C=O) groups is 2. The third kappa shape index (κ3) is 3.82. The number of benzene rings is 1. The first-order chi connectivity index (χ1) is 10.0. The predicted octanol–water partition coefficient (Wildman–Crippen LogP) is 1.86. The standard InChI is InChI=1S/C16H22N2O3/c1-2-11-6-7-18(14(9-11)16(20)21)10-12-4-3-5-13(8-12)15(17)19/h3-5,8,11,14H,2,6-7,9-10H2,1H3,(H2,17,19)(H,20,21). The molecule has 0 spiro atoms. The Morgan fingerprint density at radius 3 is 2.81 bits per heavy atom. The zero-order chi connectivity index (χ0) is 15.4. The second-order valence-corrected chi connectivity index (χ2v) is 5.69. The molecular formula is C16H22N2O3. The highest BCUT2D eigenvalue weighted by atomic mass is 16.4. The zero-order valence-electron chi connectivity index (χ0n) is 12.3. The molecule has 0 bridgehead atoms. The lowest BCUT2D eigenvalue weighted by molar-refractivity contribution is -0.145. The van der Waals surface area contributed by atoms with Gasteiger partial charge < -0.3 is 10.8 Å². The van der Waals surface area contributed by atoms with E-state index in [-0.39, 0.29) is 0 Å². The third-order valence-electron chi connectivity index (χ3n) is 4.28. The van der Waals surface area contributed by atoms with Crippen LogP contribution in [0.15, 0.2) is 24.3 Å². The summed E-state index contributed by atoms with van der Waals surface area (Å²) >= 11 is 0. The lowest BCUT2D eigenvalue weighted by Gasteiger charge is -2.37. The first kappa shape index (κ1) is 15.5. The maximum absolute atomic E-state index is 11.5. The van der Waals surface area contributed by atoms with E-state index in [4.69, 9.17) is 5.73 Å². The van der Waals surface area contributed by atoms with E-state index in [1.54, 1.807) is 18.2 Å². The summed E-state index contributed by atoms with van der Waals surface area (Å²) in [6.45, 7) is 3.42. The van der Waals surface area contributed by atoms with Gasteiger partial charge in [-0.05, 0) is 43.0 Å². The highest BCUT2D eigenvalue weighted by Gasteiger charge is 2.32. The summed E-state index contributed by atoms with van der Waals surface area (Å²) in [4.78, 5) is 24.7. The SMILES string of the molecule is CCC1CCN(Cc2cccc(C(N)=O)c2)C(C(=O)O)C1. The molecule has 2 unspecified atom stereocenters. The molecule has 1 aromatic rings. The van der Waals surface area contributed by atoms with Crippen LogP contribution in [0, 0.1) is 5.92 Å². The van der Waals surface area contributed by atoms with Crippen molar-refractivity contribution >= 4 is 11.9 Å². The molecule has 0 radical (unpaired) electrons. The summed E-state index contributed by atoms with van der Waals surface area (Å²) in [7, 11) is 0. The Morgan fingerprint density at radius 2 is 2.19 bits per heavy atom. The molecule has 1 fully saturated rings. The minimum absolute atomic E-state index is 0.444. The molecule has 21 heavy (non-hydrogen) atoms. The Bertz CT molecular complexity index is 530. The van der Waals surface area contributed by atoms with Gasteiger partial charge in [0.25, 0.3) is 0 Å². The first-order valence-corrected chi connectivity index (χ1v) is 7.36. The number of carbonyl (C=O) groups excluding carboxylic acids is 1. The van der Waals surface area contributed by atoms with Crippen molar-refractivity contribution in [2.75, 3.05) is 6.54 Å². The van der Waals surface area contributed by atoms with Crippen molar-refractivity contribution in [1.82, 2.24) is 4.90 Å². The smallest absolute Gasteiger partial charge is 0.320 e. The maximum atomic E-state index is 11.5. The fourth-order valence-electron chi connectivity index (χ4n) is 2.96. The summed E-state index contributed by atoms with van der Waals surface area (Å²) in [6, 6.07) is 6.65. The molecule has 5 heteroatoms. The van der Waals surface area contributed by atoms with E-state index in [0.29, 0.717) is 24.4 Å². The monoisotopic (exact) mass is 290 g/mol.